The Morgan fingerprint density at radius 3 is 3.04 bits per heavy atom. The molecule has 0 aliphatic carbocycles. The molecule has 6 heteroatoms. The summed E-state index contributed by atoms with van der Waals surface area (Å²) in [6.45, 7) is 0.695. The second-order valence-corrected chi connectivity index (χ2v) is 7.71. The minimum absolute atomic E-state index is 0.108. The molecule has 23 heavy (non-hydrogen) atoms. The third-order valence-electron chi connectivity index (χ3n) is 4.48. The number of carbonyl (C=O) groups excluding carboxylic acids is 1. The second kappa shape index (κ2) is 7.25. The van der Waals surface area contributed by atoms with Crippen LogP contribution in [0.2, 0.25) is 0 Å². The maximum atomic E-state index is 11.5. The summed E-state index contributed by atoms with van der Waals surface area (Å²) in [5.41, 5.74) is 1.15. The van der Waals surface area contributed by atoms with Gasteiger partial charge in [0.2, 0.25) is 0 Å². The smallest absolute Gasteiger partial charge is 0.308 e. The van der Waals surface area contributed by atoms with Crippen LogP contribution in [0.5, 0.6) is 11.5 Å². The van der Waals surface area contributed by atoms with Crippen LogP contribution in [0.15, 0.2) is 18.2 Å². The highest BCUT2D eigenvalue weighted by Crippen LogP contribution is 2.41. The lowest BCUT2D eigenvalue weighted by molar-refractivity contribution is -0.159. The van der Waals surface area contributed by atoms with Crippen molar-refractivity contribution in [2.45, 2.75) is 47.7 Å². The summed E-state index contributed by atoms with van der Waals surface area (Å²) in [6.07, 6.45) is 1.65. The van der Waals surface area contributed by atoms with Gasteiger partial charge in [-0.1, -0.05) is 22.6 Å². The van der Waals surface area contributed by atoms with Crippen LogP contribution in [-0.2, 0) is 9.53 Å². The van der Waals surface area contributed by atoms with Crippen LogP contribution < -0.4 is 9.47 Å². The van der Waals surface area contributed by atoms with Gasteiger partial charge in [0.15, 0.2) is 0 Å². The molecule has 3 rings (SSSR count). The molecule has 5 nitrogen and oxygen atoms in total. The molecule has 1 saturated heterocycles. The highest BCUT2D eigenvalue weighted by atomic mass is 127. The summed E-state index contributed by atoms with van der Waals surface area (Å²) in [6, 6.07) is 5.89. The van der Waals surface area contributed by atoms with Crippen molar-refractivity contribution in [3.05, 3.63) is 23.8 Å². The first-order chi connectivity index (χ1) is 11.1. The number of hydrogen-bond donors (Lipinski definition) is 1. The van der Waals surface area contributed by atoms with Crippen molar-refractivity contribution in [1.29, 1.82) is 0 Å². The Hall–Kier alpha value is -1.02. The van der Waals surface area contributed by atoms with Crippen LogP contribution in [-0.4, -0.2) is 40.9 Å². The molecule has 0 radical (unpaired) electrons. The number of aliphatic hydroxyl groups excluding tert-OH is 1. The molecule has 1 N–H and O–H groups in total. The minimum atomic E-state index is -0.583. The van der Waals surface area contributed by atoms with Crippen molar-refractivity contribution >= 4 is 28.6 Å². The lowest BCUT2D eigenvalue weighted by atomic mass is 9.87. The first kappa shape index (κ1) is 16.8. The quantitative estimate of drug-likeness (QED) is 0.451. The van der Waals surface area contributed by atoms with E-state index in [1.807, 2.05) is 18.2 Å². The van der Waals surface area contributed by atoms with Gasteiger partial charge in [0.05, 0.1) is 26.2 Å². The highest BCUT2D eigenvalue weighted by Gasteiger charge is 2.34. The Bertz CT molecular complexity index is 576. The van der Waals surface area contributed by atoms with Gasteiger partial charge in [-0.15, -0.1) is 0 Å². The molecule has 1 fully saturated rings. The van der Waals surface area contributed by atoms with Crippen molar-refractivity contribution in [3.63, 3.8) is 0 Å². The van der Waals surface area contributed by atoms with Crippen LogP contribution in [0.1, 0.15) is 37.2 Å². The molecule has 0 bridgehead atoms. The van der Waals surface area contributed by atoms with Crippen molar-refractivity contribution < 1.29 is 24.1 Å². The number of aliphatic hydroxyl groups is 1. The molecular weight excluding hydrogens is 411 g/mol. The average molecular weight is 432 g/mol. The number of rotatable bonds is 4. The number of benzene rings is 1. The van der Waals surface area contributed by atoms with E-state index in [1.54, 1.807) is 7.11 Å². The molecule has 4 atom stereocenters. The molecular formula is C17H21IO5. The molecule has 0 aromatic heterocycles. The molecule has 2 aliphatic heterocycles. The van der Waals surface area contributed by atoms with E-state index < -0.39 is 6.10 Å². The number of methoxy groups -OCH3 is 1. The predicted molar refractivity (Wildman–Crippen MR) is 93.4 cm³/mol. The Kier molecular flexibility index (Phi) is 5.31. The molecule has 1 aromatic rings. The zero-order chi connectivity index (χ0) is 16.4. The van der Waals surface area contributed by atoms with Gasteiger partial charge in [0.1, 0.15) is 17.6 Å². The topological polar surface area (TPSA) is 65.0 Å². The Labute approximate surface area is 149 Å². The molecule has 0 amide bonds. The van der Waals surface area contributed by atoms with Crippen molar-refractivity contribution in [3.8, 4) is 11.5 Å². The van der Waals surface area contributed by atoms with E-state index in [4.69, 9.17) is 14.2 Å². The second-order valence-electron chi connectivity index (χ2n) is 6.11. The lowest BCUT2D eigenvalue weighted by Gasteiger charge is -2.33. The van der Waals surface area contributed by atoms with Gasteiger partial charge < -0.3 is 19.3 Å². The van der Waals surface area contributed by atoms with E-state index in [0.29, 0.717) is 18.9 Å². The van der Waals surface area contributed by atoms with E-state index in [0.717, 1.165) is 29.9 Å². The van der Waals surface area contributed by atoms with Crippen LogP contribution in [0.4, 0.5) is 0 Å². The first-order valence-electron chi connectivity index (χ1n) is 7.89. The number of cyclic esters (lactones) is 1. The monoisotopic (exact) mass is 432 g/mol. The van der Waals surface area contributed by atoms with Crippen molar-refractivity contribution in [1.82, 2.24) is 0 Å². The number of halogens is 1. The number of carbonyl (C=O) groups is 1. The molecule has 1 unspecified atom stereocenters. The van der Waals surface area contributed by atoms with Crippen LogP contribution in [0.25, 0.3) is 0 Å². The van der Waals surface area contributed by atoms with Gasteiger partial charge in [-0.05, 0) is 37.0 Å². The number of alkyl halides is 1. The standard InChI is InChI=1S/C17H21IO5/c1-21-12-2-3-15-13(9-12)10(4-5-22-15)6-14(18)16-7-11(19)8-17(20)23-16/h2-3,9-11,14,16,19H,4-8H2,1H3/t10?,11-,14+,16+/m1/s1. The average Bonchev–Trinajstić information content (AvgIpc) is 2.53. The SMILES string of the molecule is COc1ccc2c(c1)C(C[C@H](I)[C@@H]1C[C@@H](O)CC(=O)O1)CCO2. The fourth-order valence-electron chi connectivity index (χ4n) is 3.27. The first-order valence-corrected chi connectivity index (χ1v) is 9.13. The van der Waals surface area contributed by atoms with Crippen molar-refractivity contribution in [2.24, 2.45) is 0 Å². The third-order valence-corrected chi connectivity index (χ3v) is 5.79. The maximum Gasteiger partial charge on any atom is 0.308 e. The summed E-state index contributed by atoms with van der Waals surface area (Å²) in [5.74, 6) is 1.77. The number of hydrogen-bond acceptors (Lipinski definition) is 5. The molecule has 126 valence electrons. The summed E-state index contributed by atoms with van der Waals surface area (Å²) < 4.78 is 16.6. The molecule has 2 heterocycles. The van der Waals surface area contributed by atoms with Gasteiger partial charge in [-0.25, -0.2) is 0 Å². The zero-order valence-corrected chi connectivity index (χ0v) is 15.2. The Morgan fingerprint density at radius 1 is 1.48 bits per heavy atom. The van der Waals surface area contributed by atoms with E-state index in [2.05, 4.69) is 22.6 Å². The Balaban J connectivity index is 1.72. The van der Waals surface area contributed by atoms with Gasteiger partial charge in [-0.2, -0.15) is 0 Å². The summed E-state index contributed by atoms with van der Waals surface area (Å²) in [4.78, 5) is 11.5. The van der Waals surface area contributed by atoms with Gasteiger partial charge in [0, 0.05) is 15.9 Å². The van der Waals surface area contributed by atoms with E-state index in [1.165, 1.54) is 0 Å². The minimum Gasteiger partial charge on any atom is -0.497 e. The number of fused-ring (bicyclic) bond motifs is 1. The fourth-order valence-corrected chi connectivity index (χ4v) is 4.32. The zero-order valence-electron chi connectivity index (χ0n) is 13.0. The highest BCUT2D eigenvalue weighted by molar-refractivity contribution is 14.1. The lowest BCUT2D eigenvalue weighted by Crippen LogP contribution is -2.38. The van der Waals surface area contributed by atoms with Crippen LogP contribution in [0.3, 0.4) is 0 Å². The molecule has 0 saturated carbocycles. The van der Waals surface area contributed by atoms with Gasteiger partial charge >= 0.3 is 5.97 Å². The largest absolute Gasteiger partial charge is 0.497 e. The summed E-state index contributed by atoms with van der Waals surface area (Å²) in [5, 5.41) is 9.79. The molecule has 0 spiro atoms. The van der Waals surface area contributed by atoms with Gasteiger partial charge in [0.25, 0.3) is 0 Å². The fraction of sp³-hybridized carbons (Fsp3) is 0.588. The van der Waals surface area contributed by atoms with Crippen LogP contribution >= 0.6 is 22.6 Å². The van der Waals surface area contributed by atoms with Crippen LogP contribution in [0, 0.1) is 0 Å². The third kappa shape index (κ3) is 3.91. The Morgan fingerprint density at radius 2 is 2.30 bits per heavy atom. The molecule has 2 aliphatic rings. The van der Waals surface area contributed by atoms with E-state index in [-0.39, 0.29) is 22.4 Å². The number of ether oxygens (including phenoxy) is 3. The predicted octanol–water partition coefficient (Wildman–Crippen LogP) is 2.82. The summed E-state index contributed by atoms with van der Waals surface area (Å²) >= 11 is 2.34. The maximum absolute atomic E-state index is 11.5. The van der Waals surface area contributed by atoms with E-state index in [9.17, 15) is 9.90 Å². The number of esters is 1. The molecule has 1 aromatic carbocycles. The normalized spacial score (nSPS) is 28.3. The van der Waals surface area contributed by atoms with Crippen molar-refractivity contribution in [2.75, 3.05) is 13.7 Å². The van der Waals surface area contributed by atoms with Gasteiger partial charge in [-0.3, -0.25) is 4.79 Å². The summed E-state index contributed by atoms with van der Waals surface area (Å²) in [7, 11) is 1.66. The van der Waals surface area contributed by atoms with E-state index >= 15 is 0 Å².